The molecule has 7 heteroatoms. The molecule has 0 fully saturated rings. The Kier molecular flexibility index (Phi) is 4.42. The molecule has 0 radical (unpaired) electrons. The Balaban J connectivity index is 1.56. The van der Waals surface area contributed by atoms with Crippen LogP contribution in [0, 0.1) is 0 Å². The standard InChI is InChI=1S/C19H18ClN5O/c1-13-11-24(19(26)16-8-7-15(20)10-21-16)12-18-23-22-17(25(13)18)9-14-5-3-2-4-6-14/h2-8,10,13H,9,11-12H2,1H3/t13-/m0/s1. The number of halogens is 1. The average Bonchev–Trinajstić information content (AvgIpc) is 3.06. The molecule has 0 unspecified atom stereocenters. The molecular weight excluding hydrogens is 350 g/mol. The molecule has 1 aromatic carbocycles. The van der Waals surface area contributed by atoms with E-state index in [2.05, 4.69) is 38.8 Å². The first-order valence-electron chi connectivity index (χ1n) is 8.49. The number of benzene rings is 1. The Labute approximate surface area is 156 Å². The lowest BCUT2D eigenvalue weighted by Crippen LogP contribution is -2.41. The van der Waals surface area contributed by atoms with Gasteiger partial charge in [-0.15, -0.1) is 10.2 Å². The first-order valence-corrected chi connectivity index (χ1v) is 8.87. The minimum absolute atomic E-state index is 0.101. The van der Waals surface area contributed by atoms with Crippen molar-refractivity contribution in [1.29, 1.82) is 0 Å². The molecule has 1 atom stereocenters. The fourth-order valence-electron chi connectivity index (χ4n) is 3.33. The van der Waals surface area contributed by atoms with E-state index in [-0.39, 0.29) is 11.9 Å². The van der Waals surface area contributed by atoms with Crippen molar-refractivity contribution in [2.75, 3.05) is 6.54 Å². The summed E-state index contributed by atoms with van der Waals surface area (Å²) in [6, 6.07) is 13.6. The van der Waals surface area contributed by atoms with Crippen LogP contribution in [-0.4, -0.2) is 37.1 Å². The van der Waals surface area contributed by atoms with Gasteiger partial charge in [0.1, 0.15) is 11.5 Å². The van der Waals surface area contributed by atoms with Crippen LogP contribution in [0.5, 0.6) is 0 Å². The number of carbonyl (C=O) groups is 1. The lowest BCUT2D eigenvalue weighted by Gasteiger charge is -2.32. The van der Waals surface area contributed by atoms with Crippen molar-refractivity contribution in [3.8, 4) is 0 Å². The quantitative estimate of drug-likeness (QED) is 0.713. The van der Waals surface area contributed by atoms with Crippen LogP contribution in [0.15, 0.2) is 48.7 Å². The summed E-state index contributed by atoms with van der Waals surface area (Å²) in [4.78, 5) is 18.6. The van der Waals surface area contributed by atoms with Gasteiger partial charge < -0.3 is 9.47 Å². The van der Waals surface area contributed by atoms with E-state index in [1.165, 1.54) is 11.8 Å². The minimum Gasteiger partial charge on any atom is -0.328 e. The monoisotopic (exact) mass is 367 g/mol. The van der Waals surface area contributed by atoms with Crippen LogP contribution in [0.25, 0.3) is 0 Å². The molecule has 1 amide bonds. The number of pyridine rings is 1. The molecule has 6 nitrogen and oxygen atoms in total. The van der Waals surface area contributed by atoms with Crippen molar-refractivity contribution in [2.45, 2.75) is 25.9 Å². The van der Waals surface area contributed by atoms with E-state index in [0.717, 1.165) is 18.1 Å². The van der Waals surface area contributed by atoms with E-state index in [4.69, 9.17) is 11.6 Å². The Morgan fingerprint density at radius 3 is 2.73 bits per heavy atom. The van der Waals surface area contributed by atoms with Gasteiger partial charge in [-0.2, -0.15) is 0 Å². The summed E-state index contributed by atoms with van der Waals surface area (Å²) >= 11 is 5.85. The number of rotatable bonds is 3. The summed E-state index contributed by atoms with van der Waals surface area (Å²) in [5, 5.41) is 9.20. The van der Waals surface area contributed by atoms with Crippen molar-refractivity contribution in [1.82, 2.24) is 24.6 Å². The zero-order chi connectivity index (χ0) is 18.1. The number of carbonyl (C=O) groups excluding carboxylic acids is 1. The molecule has 132 valence electrons. The van der Waals surface area contributed by atoms with E-state index >= 15 is 0 Å². The lowest BCUT2D eigenvalue weighted by atomic mass is 10.1. The maximum absolute atomic E-state index is 12.7. The number of hydrogen-bond acceptors (Lipinski definition) is 4. The molecular formula is C19H18ClN5O. The molecule has 3 aromatic rings. The van der Waals surface area contributed by atoms with E-state index in [1.807, 2.05) is 18.2 Å². The number of nitrogens with zero attached hydrogens (tertiary/aromatic N) is 5. The van der Waals surface area contributed by atoms with Crippen LogP contribution in [0.3, 0.4) is 0 Å². The summed E-state index contributed by atoms with van der Waals surface area (Å²) in [5.74, 6) is 1.61. The first kappa shape index (κ1) is 16.7. The highest BCUT2D eigenvalue weighted by molar-refractivity contribution is 6.30. The largest absolute Gasteiger partial charge is 0.328 e. The smallest absolute Gasteiger partial charge is 0.272 e. The number of hydrogen-bond donors (Lipinski definition) is 0. The third-order valence-corrected chi connectivity index (χ3v) is 4.76. The fraction of sp³-hybridized carbons (Fsp3) is 0.263. The van der Waals surface area contributed by atoms with Crippen molar-refractivity contribution in [2.24, 2.45) is 0 Å². The molecule has 3 heterocycles. The Morgan fingerprint density at radius 2 is 2.00 bits per heavy atom. The van der Waals surface area contributed by atoms with Crippen molar-refractivity contribution in [3.05, 3.63) is 76.6 Å². The van der Waals surface area contributed by atoms with E-state index in [1.54, 1.807) is 17.0 Å². The van der Waals surface area contributed by atoms with E-state index in [0.29, 0.717) is 23.8 Å². The summed E-state index contributed by atoms with van der Waals surface area (Å²) in [6.45, 7) is 3.10. The van der Waals surface area contributed by atoms with Gasteiger partial charge in [0.15, 0.2) is 5.82 Å². The second-order valence-corrected chi connectivity index (χ2v) is 6.90. The van der Waals surface area contributed by atoms with Gasteiger partial charge in [0, 0.05) is 19.2 Å². The maximum atomic E-state index is 12.7. The van der Waals surface area contributed by atoms with Gasteiger partial charge in [0.2, 0.25) is 0 Å². The van der Waals surface area contributed by atoms with Crippen molar-refractivity contribution in [3.63, 3.8) is 0 Å². The molecule has 0 spiro atoms. The molecule has 4 rings (SSSR count). The lowest BCUT2D eigenvalue weighted by molar-refractivity contribution is 0.0674. The van der Waals surface area contributed by atoms with Crippen LogP contribution < -0.4 is 0 Å². The predicted octanol–water partition coefficient (Wildman–Crippen LogP) is 3.13. The van der Waals surface area contributed by atoms with Crippen LogP contribution in [0.2, 0.25) is 5.02 Å². The minimum atomic E-state index is -0.118. The highest BCUT2D eigenvalue weighted by atomic mass is 35.5. The zero-order valence-corrected chi connectivity index (χ0v) is 15.1. The summed E-state index contributed by atoms with van der Waals surface area (Å²) in [7, 11) is 0. The maximum Gasteiger partial charge on any atom is 0.272 e. The Bertz CT molecular complexity index is 923. The van der Waals surface area contributed by atoms with Crippen LogP contribution >= 0.6 is 11.6 Å². The van der Waals surface area contributed by atoms with Gasteiger partial charge in [-0.1, -0.05) is 41.9 Å². The Morgan fingerprint density at radius 1 is 1.19 bits per heavy atom. The summed E-state index contributed by atoms with van der Waals surface area (Å²) in [5.41, 5.74) is 1.58. The topological polar surface area (TPSA) is 63.9 Å². The number of amides is 1. The molecule has 0 N–H and O–H groups in total. The van der Waals surface area contributed by atoms with Crippen LogP contribution in [0.1, 0.15) is 40.7 Å². The zero-order valence-electron chi connectivity index (χ0n) is 14.3. The van der Waals surface area contributed by atoms with Crippen LogP contribution in [0.4, 0.5) is 0 Å². The van der Waals surface area contributed by atoms with Gasteiger partial charge in [-0.3, -0.25) is 4.79 Å². The molecule has 1 aliphatic rings. The molecule has 2 aromatic heterocycles. The third kappa shape index (κ3) is 3.20. The van der Waals surface area contributed by atoms with Gasteiger partial charge in [0.25, 0.3) is 5.91 Å². The molecule has 1 aliphatic heterocycles. The molecule has 0 aliphatic carbocycles. The van der Waals surface area contributed by atoms with Gasteiger partial charge in [-0.25, -0.2) is 4.98 Å². The fourth-order valence-corrected chi connectivity index (χ4v) is 3.44. The van der Waals surface area contributed by atoms with Crippen LogP contribution in [-0.2, 0) is 13.0 Å². The molecule has 26 heavy (non-hydrogen) atoms. The molecule has 0 saturated carbocycles. The predicted molar refractivity (Wildman–Crippen MR) is 98.0 cm³/mol. The highest BCUT2D eigenvalue weighted by Gasteiger charge is 2.30. The third-order valence-electron chi connectivity index (χ3n) is 4.53. The number of fused-ring (bicyclic) bond motifs is 1. The Hall–Kier alpha value is -2.73. The van der Waals surface area contributed by atoms with E-state index in [9.17, 15) is 4.79 Å². The SMILES string of the molecule is C[C@H]1CN(C(=O)c2ccc(Cl)cn2)Cc2nnc(Cc3ccccc3)n21. The first-order chi connectivity index (χ1) is 12.6. The normalized spacial score (nSPS) is 16.4. The van der Waals surface area contributed by atoms with Gasteiger partial charge in [0.05, 0.1) is 17.6 Å². The molecule has 0 saturated heterocycles. The van der Waals surface area contributed by atoms with Gasteiger partial charge in [-0.05, 0) is 24.6 Å². The average molecular weight is 368 g/mol. The molecule has 0 bridgehead atoms. The van der Waals surface area contributed by atoms with E-state index < -0.39 is 0 Å². The summed E-state index contributed by atoms with van der Waals surface area (Å²) in [6.07, 6.45) is 2.22. The van der Waals surface area contributed by atoms with Crippen molar-refractivity contribution >= 4 is 17.5 Å². The van der Waals surface area contributed by atoms with Crippen molar-refractivity contribution < 1.29 is 4.79 Å². The summed E-state index contributed by atoms with van der Waals surface area (Å²) < 4.78 is 2.14. The second kappa shape index (κ2) is 6.88. The van der Waals surface area contributed by atoms with Gasteiger partial charge >= 0.3 is 0 Å². The second-order valence-electron chi connectivity index (χ2n) is 6.46. The highest BCUT2D eigenvalue weighted by Crippen LogP contribution is 2.24. The number of aromatic nitrogens is 4.